The van der Waals surface area contributed by atoms with Gasteiger partial charge in [-0.1, -0.05) is 0 Å². The minimum Gasteiger partial charge on any atom is -0.486 e. The zero-order chi connectivity index (χ0) is 16.3. The summed E-state index contributed by atoms with van der Waals surface area (Å²) in [5.41, 5.74) is 0. The maximum Gasteiger partial charge on any atom is 0.401 e. The summed E-state index contributed by atoms with van der Waals surface area (Å²) in [6.07, 6.45) is -2.27. The molecule has 0 spiro atoms. The fraction of sp³-hybridized carbons (Fsp3) is 0. The van der Waals surface area contributed by atoms with Gasteiger partial charge in [0.25, 0.3) is 0 Å². The van der Waals surface area contributed by atoms with E-state index in [2.05, 4.69) is 17.6 Å². The highest BCUT2D eigenvalue weighted by Crippen LogP contribution is 1.58. The molecule has 0 fully saturated rings. The molecule has 0 rings (SSSR count). The third-order valence-electron chi connectivity index (χ3n) is 0.149. The molecule has 0 saturated carbocycles. The number of nitrogens with two attached hydrogens (primary N) is 1. The van der Waals surface area contributed by atoms with Crippen LogP contribution in [0.15, 0.2) is 0 Å². The van der Waals surface area contributed by atoms with Gasteiger partial charge in [0, 0.05) is 0 Å². The Bertz CT molecular complexity index is 195. The summed E-state index contributed by atoms with van der Waals surface area (Å²) in [6.45, 7) is 0. The van der Waals surface area contributed by atoms with E-state index in [1.54, 1.807) is 0 Å². The number of nitrogens with zero attached hydrogens (tertiary/aromatic N) is 3. The summed E-state index contributed by atoms with van der Waals surface area (Å²) in [5.74, 6) is 9.25. The molecule has 18 heteroatoms. The van der Waals surface area contributed by atoms with Gasteiger partial charge in [0.05, 0.1) is 15.1 Å². The number of rotatable bonds is 0. The second-order valence-corrected chi connectivity index (χ2v) is 0.970. The van der Waals surface area contributed by atoms with Crippen molar-refractivity contribution in [2.45, 2.75) is 0 Å². The zero-order valence-corrected chi connectivity index (χ0v) is 9.36. The molecule has 0 saturated heterocycles. The second kappa shape index (κ2) is 36.3. The predicted molar refractivity (Wildman–Crippen MR) is 50.8 cm³/mol. The number of hydrogen-bond donors (Lipinski definition) is 5. The van der Waals surface area contributed by atoms with Crippen molar-refractivity contribution in [3.05, 3.63) is 40.8 Å². The molecule has 0 aromatic heterocycles. The summed E-state index contributed by atoms with van der Waals surface area (Å²) >= 11 is 0. The molecule has 19 heavy (non-hydrogen) atoms. The number of quaternary nitrogens is 3. The molecule has 1 amide bonds. The number of carbonyl (C=O) groups is 1. The average Bonchev–Trinajstić information content (AvgIpc) is 2.22. The van der Waals surface area contributed by atoms with Gasteiger partial charge in [-0.3, -0.25) is 16.0 Å². The normalized spacial score (nSPS) is 5.47. The molecule has 0 aliphatic heterocycles. The van der Waals surface area contributed by atoms with E-state index in [4.69, 9.17) is 55.9 Å². The Morgan fingerprint density at radius 1 is 0.895 bits per heavy atom. The largest absolute Gasteiger partial charge is 0.486 e. The van der Waals surface area contributed by atoms with Crippen molar-refractivity contribution >= 4 is 6.09 Å². The molecule has 0 radical (unpaired) electrons. The van der Waals surface area contributed by atoms with Crippen LogP contribution >= 0.6 is 0 Å². The molecule has 118 valence electrons. The molecule has 0 heterocycles. The zero-order valence-electron chi connectivity index (χ0n) is 9.36. The average molecular weight is 299 g/mol. The number of carboxylic acid groups (broad SMARTS) is 1. The SMILES string of the molecule is N[NH3+].O=C([O-])[N+](=O)[O-].O=[N+]([O-])[O-].O=[N+]([O-])[O-].[NH3+]O.[NH4+]. The van der Waals surface area contributed by atoms with Gasteiger partial charge in [0.2, 0.25) is 0 Å². The van der Waals surface area contributed by atoms with Crippen LogP contribution in [-0.2, 0) is 0 Å². The minimum absolute atomic E-state index is 0. The van der Waals surface area contributed by atoms with Gasteiger partial charge in [0.1, 0.15) is 0 Å². The highest BCUT2D eigenvalue weighted by molar-refractivity contribution is 5.51. The summed E-state index contributed by atoms with van der Waals surface area (Å²) in [6, 6.07) is 0. The van der Waals surface area contributed by atoms with E-state index >= 15 is 0 Å². The van der Waals surface area contributed by atoms with Crippen LogP contribution in [0, 0.1) is 40.8 Å². The van der Waals surface area contributed by atoms with Crippen molar-refractivity contribution in [3.63, 3.8) is 0 Å². The Morgan fingerprint density at radius 2 is 0.947 bits per heavy atom. The second-order valence-electron chi connectivity index (χ2n) is 0.970. The lowest BCUT2D eigenvalue weighted by Crippen LogP contribution is -2.59. The van der Waals surface area contributed by atoms with E-state index in [0.717, 1.165) is 0 Å². The van der Waals surface area contributed by atoms with Crippen LogP contribution in [0.5, 0.6) is 0 Å². The van der Waals surface area contributed by atoms with Crippen LogP contribution in [0.25, 0.3) is 0 Å². The van der Waals surface area contributed by atoms with Crippen molar-refractivity contribution in [2.24, 2.45) is 5.84 Å². The molecule has 0 aromatic rings. The van der Waals surface area contributed by atoms with Gasteiger partial charge in [-0.05, 0) is 0 Å². The predicted octanol–water partition coefficient (Wildman–Crippen LogP) is -4.78. The molecular weight excluding hydrogens is 286 g/mol. The minimum atomic E-state index is -2.27. The molecule has 0 aromatic carbocycles. The van der Waals surface area contributed by atoms with Crippen molar-refractivity contribution in [1.29, 1.82) is 0 Å². The maximum absolute atomic E-state index is 8.89. The van der Waals surface area contributed by atoms with Crippen molar-refractivity contribution in [1.82, 2.24) is 6.15 Å². The van der Waals surface area contributed by atoms with E-state index in [-0.39, 0.29) is 6.15 Å². The smallest absolute Gasteiger partial charge is 0.401 e. The van der Waals surface area contributed by atoms with Crippen LogP contribution < -0.4 is 28.8 Å². The molecule has 18 nitrogen and oxygen atoms in total. The molecule has 0 atom stereocenters. The quantitative estimate of drug-likeness (QED) is 0.159. The van der Waals surface area contributed by atoms with E-state index < -0.39 is 21.2 Å². The topological polar surface area (TPSA) is 354 Å². The van der Waals surface area contributed by atoms with E-state index in [1.165, 1.54) is 0 Å². The Kier molecular flexibility index (Phi) is 68.7. The van der Waals surface area contributed by atoms with Crippen LogP contribution in [0.2, 0.25) is 0 Å². The summed E-state index contributed by atoms with van der Waals surface area (Å²) in [4.78, 5) is 32.7. The summed E-state index contributed by atoms with van der Waals surface area (Å²) in [7, 11) is 0. The van der Waals surface area contributed by atoms with E-state index in [1.807, 2.05) is 0 Å². The maximum atomic E-state index is 8.89. The number of nitro groups is 1. The van der Waals surface area contributed by atoms with E-state index in [0.29, 0.717) is 0 Å². The number of amides is 1. The lowest BCUT2D eigenvalue weighted by Gasteiger charge is -1.81. The van der Waals surface area contributed by atoms with Gasteiger partial charge in [-0.2, -0.15) is 5.84 Å². The van der Waals surface area contributed by atoms with Crippen LogP contribution in [0.4, 0.5) is 4.79 Å². The van der Waals surface area contributed by atoms with Crippen LogP contribution in [-0.4, -0.2) is 26.4 Å². The Labute approximate surface area is 102 Å². The van der Waals surface area contributed by atoms with Crippen LogP contribution in [0.3, 0.4) is 0 Å². The van der Waals surface area contributed by atoms with Gasteiger partial charge >= 0.3 is 6.09 Å². The first-order valence-corrected chi connectivity index (χ1v) is 2.82. The molecular formula is CH13N7O11. The highest BCUT2D eigenvalue weighted by Gasteiger charge is 1.91. The van der Waals surface area contributed by atoms with Crippen LogP contribution in [0.1, 0.15) is 0 Å². The van der Waals surface area contributed by atoms with Crippen molar-refractivity contribution in [3.8, 4) is 0 Å². The third-order valence-corrected chi connectivity index (χ3v) is 0.149. The first-order chi connectivity index (χ1) is 8.11. The third kappa shape index (κ3) is 2250. The van der Waals surface area contributed by atoms with Crippen molar-refractivity contribution < 1.29 is 41.9 Å². The lowest BCUT2D eigenvalue weighted by molar-refractivity contribution is -0.670. The first-order valence-electron chi connectivity index (χ1n) is 2.82. The van der Waals surface area contributed by atoms with Gasteiger partial charge in [0.15, 0.2) is 0 Å². The molecule has 13 N–H and O–H groups in total. The number of hydrogen-bond acceptors (Lipinski definition) is 12. The summed E-state index contributed by atoms with van der Waals surface area (Å²) < 4.78 is 0. The molecule has 0 unspecified atom stereocenters. The number of carbonyl (C=O) groups excluding carboxylic acids is 1. The fourth-order valence-corrected chi connectivity index (χ4v) is 0. The standard InChI is InChI=1S/CHNO4.H4N2.2NO3.H4NO.H3N/c3-1(4)2(5)6;1-2;2*2-1(3)4;1-2;/h(H,3,4);1-2H2;;;2H,1H3;1H3/q;;2*-1;+1;/p+1. The van der Waals surface area contributed by atoms with Gasteiger partial charge in [-0.15, -0.1) is 0 Å². The van der Waals surface area contributed by atoms with Gasteiger partial charge < -0.3 is 46.7 Å². The highest BCUT2D eigenvalue weighted by atomic mass is 16.9. The summed E-state index contributed by atoms with van der Waals surface area (Å²) in [5, 5.41) is 54.0. The monoisotopic (exact) mass is 299 g/mol. The molecule has 0 aliphatic carbocycles. The lowest BCUT2D eigenvalue weighted by atomic mass is 11.3. The Balaban J connectivity index is -0.0000000293. The molecule has 0 aliphatic rings. The Hall–Kier alpha value is -2.93. The molecule has 0 bridgehead atoms. The first kappa shape index (κ1) is 36.0. The van der Waals surface area contributed by atoms with Gasteiger partial charge in [-0.25, -0.2) is 11.1 Å². The fourth-order valence-electron chi connectivity index (χ4n) is 0. The van der Waals surface area contributed by atoms with Crippen molar-refractivity contribution in [2.75, 3.05) is 0 Å². The van der Waals surface area contributed by atoms with E-state index in [9.17, 15) is 0 Å². The Morgan fingerprint density at radius 3 is 0.947 bits per heavy atom.